The van der Waals surface area contributed by atoms with Gasteiger partial charge in [0.15, 0.2) is 5.79 Å². The molecule has 0 amide bonds. The number of esters is 1. The molecule has 2 N–H and O–H groups in total. The van der Waals surface area contributed by atoms with Crippen molar-refractivity contribution < 1.29 is 34.0 Å². The van der Waals surface area contributed by atoms with Crippen molar-refractivity contribution in [2.45, 2.75) is 115 Å². The van der Waals surface area contributed by atoms with Gasteiger partial charge in [-0.15, -0.1) is 0 Å². The highest BCUT2D eigenvalue weighted by molar-refractivity contribution is 5.78. The molecule has 4 heterocycles. The second-order valence-electron chi connectivity index (χ2n) is 12.4. The van der Waals surface area contributed by atoms with Crippen molar-refractivity contribution in [2.75, 3.05) is 6.61 Å². The van der Waals surface area contributed by atoms with Crippen molar-refractivity contribution in [1.29, 1.82) is 0 Å². The van der Waals surface area contributed by atoms with E-state index in [2.05, 4.69) is 40.2 Å². The molecule has 1 radical (unpaired) electrons. The quantitative estimate of drug-likeness (QED) is 0.366. The molecule has 5 rings (SSSR count). The summed E-state index contributed by atoms with van der Waals surface area (Å²) in [4.78, 5) is 13.9. The number of hydrogen-bond acceptors (Lipinski definition) is 7. The highest BCUT2D eigenvalue weighted by Gasteiger charge is 2.60. The van der Waals surface area contributed by atoms with Crippen molar-refractivity contribution in [3.05, 3.63) is 53.5 Å². The fraction of sp³-hybridized carbons (Fsp3) is 0.688. The Labute approximate surface area is 232 Å². The third kappa shape index (κ3) is 5.58. The molecule has 3 saturated heterocycles. The third-order valence-corrected chi connectivity index (χ3v) is 9.33. The zero-order valence-electron chi connectivity index (χ0n) is 24.0. The summed E-state index contributed by atoms with van der Waals surface area (Å²) in [5.74, 6) is -1.67. The van der Waals surface area contributed by atoms with Crippen LogP contribution in [0.5, 0.6) is 0 Å². The fourth-order valence-electron chi connectivity index (χ4n) is 7.07. The first-order chi connectivity index (χ1) is 18.5. The van der Waals surface area contributed by atoms with Crippen LogP contribution in [-0.4, -0.2) is 64.7 Å². The summed E-state index contributed by atoms with van der Waals surface area (Å²) in [5.41, 5.74) is 0.634. The molecular weight excluding hydrogens is 496 g/mol. The Morgan fingerprint density at radius 2 is 1.95 bits per heavy atom. The standard InChI is InChI=1S/C32H45O7/c1-6-27-21(4)12-13-31(39-27)17-25-16-24(38-31)11-10-20(3)14-19(2)8-7-9-23-18-36-29-28(33)22(5)15-26(30(34)37-25)32(23,29)35/h7-10,14-15,19,21,24-29,33,35H,6,11-13,16-18H2,1-5H3/b8-7+,20-10+,23-9+/t19-,21+,24-,25+,26+,27-,28-,29-,31-,32-/m1/s1. The van der Waals surface area contributed by atoms with Gasteiger partial charge in [-0.1, -0.05) is 56.7 Å². The van der Waals surface area contributed by atoms with Gasteiger partial charge in [-0.05, 0) is 62.5 Å². The van der Waals surface area contributed by atoms with Gasteiger partial charge in [0.1, 0.15) is 29.8 Å². The zero-order valence-corrected chi connectivity index (χ0v) is 24.0. The van der Waals surface area contributed by atoms with Crippen molar-refractivity contribution in [3.8, 4) is 0 Å². The molecule has 215 valence electrons. The van der Waals surface area contributed by atoms with Crippen molar-refractivity contribution in [1.82, 2.24) is 0 Å². The van der Waals surface area contributed by atoms with Crippen LogP contribution in [0.3, 0.4) is 0 Å². The summed E-state index contributed by atoms with van der Waals surface area (Å²) in [6.07, 6.45) is 13.8. The van der Waals surface area contributed by atoms with Gasteiger partial charge in [0, 0.05) is 19.3 Å². The van der Waals surface area contributed by atoms with E-state index in [0.717, 1.165) is 24.8 Å². The van der Waals surface area contributed by atoms with Gasteiger partial charge in [0.25, 0.3) is 0 Å². The normalized spacial score (nSPS) is 48.7. The maximum Gasteiger partial charge on any atom is 0.316 e. The van der Waals surface area contributed by atoms with E-state index in [1.165, 1.54) is 0 Å². The first-order valence-electron chi connectivity index (χ1n) is 14.7. The van der Waals surface area contributed by atoms with Gasteiger partial charge in [-0.3, -0.25) is 4.79 Å². The highest BCUT2D eigenvalue weighted by atomic mass is 16.7. The zero-order chi connectivity index (χ0) is 27.9. The number of carbonyl (C=O) groups is 1. The molecule has 4 aliphatic heterocycles. The predicted octanol–water partition coefficient (Wildman–Crippen LogP) is 4.74. The second-order valence-corrected chi connectivity index (χ2v) is 12.4. The van der Waals surface area contributed by atoms with Crippen molar-refractivity contribution >= 4 is 5.97 Å². The number of aliphatic hydroxyl groups excluding tert-OH is 1. The van der Waals surface area contributed by atoms with E-state index in [-0.39, 0.29) is 24.7 Å². The molecule has 5 aliphatic rings. The van der Waals surface area contributed by atoms with Gasteiger partial charge >= 0.3 is 5.97 Å². The van der Waals surface area contributed by atoms with Crippen molar-refractivity contribution in [3.63, 3.8) is 0 Å². The van der Waals surface area contributed by atoms with Crippen LogP contribution in [0.15, 0.2) is 47.1 Å². The lowest BCUT2D eigenvalue weighted by molar-refractivity contribution is -0.335. The molecule has 0 aromatic rings. The van der Waals surface area contributed by atoms with E-state index >= 15 is 0 Å². The smallest absolute Gasteiger partial charge is 0.316 e. The number of carbonyl (C=O) groups excluding carboxylic acids is 1. The van der Waals surface area contributed by atoms with E-state index in [1.54, 1.807) is 13.0 Å². The average Bonchev–Trinajstić information content (AvgIpc) is 3.23. The van der Waals surface area contributed by atoms with E-state index in [1.807, 2.05) is 18.2 Å². The summed E-state index contributed by atoms with van der Waals surface area (Å²) in [5, 5.41) is 22.9. The van der Waals surface area contributed by atoms with Gasteiger partial charge in [0.05, 0.1) is 18.8 Å². The van der Waals surface area contributed by atoms with Crippen LogP contribution in [0.25, 0.3) is 0 Å². The van der Waals surface area contributed by atoms with Gasteiger partial charge in [-0.2, -0.15) is 0 Å². The number of ether oxygens (including phenoxy) is 4. The summed E-state index contributed by atoms with van der Waals surface area (Å²) in [6.45, 7) is 10.5. The predicted molar refractivity (Wildman–Crippen MR) is 147 cm³/mol. The Hall–Kier alpha value is -1.77. The molecule has 0 aromatic heterocycles. The summed E-state index contributed by atoms with van der Waals surface area (Å²) >= 11 is 0. The maximum absolute atomic E-state index is 13.9. The molecular formula is C32H45O7. The lowest BCUT2D eigenvalue weighted by Crippen LogP contribution is -2.58. The van der Waals surface area contributed by atoms with E-state index in [4.69, 9.17) is 18.9 Å². The van der Waals surface area contributed by atoms with E-state index in [0.29, 0.717) is 36.3 Å². The Morgan fingerprint density at radius 1 is 1.15 bits per heavy atom. The topological polar surface area (TPSA) is 94.5 Å². The fourth-order valence-corrected chi connectivity index (χ4v) is 7.07. The molecule has 7 heteroatoms. The Balaban J connectivity index is 1.51. The number of aliphatic hydroxyl groups is 2. The van der Waals surface area contributed by atoms with Crippen LogP contribution in [0.1, 0.15) is 73.1 Å². The largest absolute Gasteiger partial charge is 0.462 e. The average molecular weight is 542 g/mol. The molecule has 39 heavy (non-hydrogen) atoms. The van der Waals surface area contributed by atoms with Gasteiger partial charge in [-0.25, -0.2) is 0 Å². The van der Waals surface area contributed by atoms with E-state index < -0.39 is 41.6 Å². The first-order valence-corrected chi connectivity index (χ1v) is 14.7. The SMILES string of the molecule is CC[C@H]1O[C@]2(CC[C@@H]1C)C[C@@H]1C[C@@H](C/C=C(\C)[CH][C@H](C)/C=C/C=C3\CO[C@@H]4[C@H](O)C(C)=C[C@@H](C(=O)O1)[C@]34O)O2. The molecule has 0 aromatic carbocycles. The molecule has 10 atom stereocenters. The summed E-state index contributed by atoms with van der Waals surface area (Å²) < 4.78 is 25.4. The number of allylic oxidation sites excluding steroid dienone is 4. The summed E-state index contributed by atoms with van der Waals surface area (Å²) in [6, 6.07) is 0. The maximum atomic E-state index is 13.9. The van der Waals surface area contributed by atoms with Crippen LogP contribution < -0.4 is 0 Å². The van der Waals surface area contributed by atoms with Crippen LogP contribution in [-0.2, 0) is 23.7 Å². The first kappa shape index (κ1) is 28.7. The number of fused-ring (bicyclic) bond motifs is 2. The van der Waals surface area contributed by atoms with Crippen LogP contribution in [0.4, 0.5) is 0 Å². The Bertz CT molecular complexity index is 1060. The lowest BCUT2D eigenvalue weighted by Gasteiger charge is -2.50. The number of rotatable bonds is 1. The minimum Gasteiger partial charge on any atom is -0.462 e. The minimum absolute atomic E-state index is 0.0974. The molecule has 7 nitrogen and oxygen atoms in total. The minimum atomic E-state index is -1.69. The molecule has 0 unspecified atom stereocenters. The van der Waals surface area contributed by atoms with Crippen LogP contribution in [0, 0.1) is 24.2 Å². The van der Waals surface area contributed by atoms with Gasteiger partial charge < -0.3 is 29.2 Å². The summed E-state index contributed by atoms with van der Waals surface area (Å²) in [7, 11) is 0. The van der Waals surface area contributed by atoms with Gasteiger partial charge in [0.2, 0.25) is 0 Å². The van der Waals surface area contributed by atoms with E-state index in [9.17, 15) is 15.0 Å². The Morgan fingerprint density at radius 3 is 2.72 bits per heavy atom. The third-order valence-electron chi connectivity index (χ3n) is 9.33. The van der Waals surface area contributed by atoms with Crippen LogP contribution in [0.2, 0.25) is 0 Å². The molecule has 1 aliphatic carbocycles. The molecule has 0 saturated carbocycles. The Kier molecular flexibility index (Phi) is 8.29. The highest BCUT2D eigenvalue weighted by Crippen LogP contribution is 2.47. The molecule has 3 fully saturated rings. The van der Waals surface area contributed by atoms with Crippen molar-refractivity contribution in [2.24, 2.45) is 17.8 Å². The lowest BCUT2D eigenvalue weighted by atomic mass is 9.71. The molecule has 1 spiro atoms. The monoisotopic (exact) mass is 541 g/mol. The second kappa shape index (κ2) is 11.2. The van der Waals surface area contributed by atoms with Crippen LogP contribution >= 0.6 is 0 Å². The molecule has 2 bridgehead atoms. The number of hydrogen-bond donors (Lipinski definition) is 2.